The molecule has 182 valence electrons. The Morgan fingerprint density at radius 2 is 1.65 bits per heavy atom. The summed E-state index contributed by atoms with van der Waals surface area (Å²) >= 11 is 0. The number of hydrogen-bond donors (Lipinski definition) is 3. The highest BCUT2D eigenvalue weighted by atomic mass is 16.5. The van der Waals surface area contributed by atoms with Crippen molar-refractivity contribution in [2.24, 2.45) is 0 Å². The molecule has 1 atom stereocenters. The molecule has 0 radical (unpaired) electrons. The van der Waals surface area contributed by atoms with E-state index in [0.717, 1.165) is 63.2 Å². The van der Waals surface area contributed by atoms with Crippen LogP contribution in [0.2, 0.25) is 0 Å². The van der Waals surface area contributed by atoms with Gasteiger partial charge in [0.05, 0.1) is 25.9 Å². The summed E-state index contributed by atoms with van der Waals surface area (Å²) in [4.78, 5) is 29.0. The Bertz CT molecular complexity index is 936. The predicted octanol–water partition coefficient (Wildman–Crippen LogP) is 2.80. The molecule has 7 heteroatoms. The number of amides is 2. The van der Waals surface area contributed by atoms with E-state index in [1.54, 1.807) is 0 Å². The number of nitrogens with one attached hydrogen (secondary N) is 2. The summed E-state index contributed by atoms with van der Waals surface area (Å²) in [7, 11) is 0. The van der Waals surface area contributed by atoms with Crippen LogP contribution >= 0.6 is 0 Å². The van der Waals surface area contributed by atoms with Crippen LogP contribution in [-0.2, 0) is 16.1 Å². The summed E-state index contributed by atoms with van der Waals surface area (Å²) in [5, 5.41) is 16.0. The molecule has 2 aliphatic rings. The number of morpholine rings is 1. The van der Waals surface area contributed by atoms with Gasteiger partial charge in [0.1, 0.15) is 5.54 Å². The summed E-state index contributed by atoms with van der Waals surface area (Å²) in [5.74, 6) is -0.470. The van der Waals surface area contributed by atoms with Crippen LogP contribution in [0, 0.1) is 0 Å². The predicted molar refractivity (Wildman–Crippen MR) is 130 cm³/mol. The van der Waals surface area contributed by atoms with E-state index < -0.39 is 11.6 Å². The van der Waals surface area contributed by atoms with Gasteiger partial charge in [0.15, 0.2) is 0 Å². The zero-order valence-corrected chi connectivity index (χ0v) is 19.7. The quantitative estimate of drug-likeness (QED) is 0.558. The van der Waals surface area contributed by atoms with Crippen molar-refractivity contribution in [3.63, 3.8) is 0 Å². The maximum absolute atomic E-state index is 13.5. The van der Waals surface area contributed by atoms with Crippen molar-refractivity contribution in [2.45, 2.75) is 50.2 Å². The van der Waals surface area contributed by atoms with Crippen LogP contribution in [0.15, 0.2) is 54.6 Å². The maximum atomic E-state index is 13.5. The van der Waals surface area contributed by atoms with Crippen molar-refractivity contribution in [3.05, 3.63) is 71.3 Å². The third-order valence-electron chi connectivity index (χ3n) is 6.91. The monoisotopic (exact) mass is 465 g/mol. The molecule has 1 aliphatic heterocycles. The van der Waals surface area contributed by atoms with Gasteiger partial charge < -0.3 is 20.5 Å². The van der Waals surface area contributed by atoms with E-state index >= 15 is 0 Å². The molecule has 2 fully saturated rings. The molecule has 0 bridgehead atoms. The second kappa shape index (κ2) is 11.6. The Morgan fingerprint density at radius 1 is 0.971 bits per heavy atom. The third-order valence-corrected chi connectivity index (χ3v) is 6.91. The molecule has 4 rings (SSSR count). The van der Waals surface area contributed by atoms with Crippen LogP contribution in [0.1, 0.15) is 59.6 Å². The van der Waals surface area contributed by atoms with Gasteiger partial charge in [0.2, 0.25) is 5.91 Å². The van der Waals surface area contributed by atoms with Crippen LogP contribution in [0.4, 0.5) is 0 Å². The van der Waals surface area contributed by atoms with Gasteiger partial charge >= 0.3 is 0 Å². The van der Waals surface area contributed by atoms with Crippen LogP contribution in [-0.4, -0.2) is 60.3 Å². The van der Waals surface area contributed by atoms with Gasteiger partial charge in [0.25, 0.3) is 5.91 Å². The van der Waals surface area contributed by atoms with Crippen LogP contribution in [0.3, 0.4) is 0 Å². The Morgan fingerprint density at radius 3 is 2.29 bits per heavy atom. The summed E-state index contributed by atoms with van der Waals surface area (Å²) in [6.07, 6.45) is 3.98. The number of carbonyl (C=O) groups excluding carboxylic acids is 2. The highest BCUT2D eigenvalue weighted by molar-refractivity contribution is 5.99. The van der Waals surface area contributed by atoms with E-state index in [1.807, 2.05) is 54.6 Å². The molecule has 2 amide bonds. The van der Waals surface area contributed by atoms with E-state index in [1.165, 1.54) is 0 Å². The van der Waals surface area contributed by atoms with Gasteiger partial charge in [-0.25, -0.2) is 0 Å². The summed E-state index contributed by atoms with van der Waals surface area (Å²) in [6, 6.07) is 16.5. The minimum atomic E-state index is -0.968. The fourth-order valence-electron chi connectivity index (χ4n) is 4.85. The number of hydrogen-bond acceptors (Lipinski definition) is 5. The number of benzene rings is 2. The van der Waals surface area contributed by atoms with E-state index in [4.69, 9.17) is 4.74 Å². The molecule has 3 N–H and O–H groups in total. The van der Waals surface area contributed by atoms with Crippen LogP contribution in [0.5, 0.6) is 0 Å². The highest BCUT2D eigenvalue weighted by Gasteiger charge is 2.41. The van der Waals surface area contributed by atoms with E-state index in [2.05, 4.69) is 15.5 Å². The van der Waals surface area contributed by atoms with E-state index in [9.17, 15) is 14.7 Å². The van der Waals surface area contributed by atoms with Gasteiger partial charge in [-0.1, -0.05) is 61.7 Å². The molecule has 7 nitrogen and oxygen atoms in total. The van der Waals surface area contributed by atoms with Gasteiger partial charge in [-0.3, -0.25) is 14.5 Å². The Kier molecular flexibility index (Phi) is 8.32. The molecule has 2 aromatic rings. The lowest BCUT2D eigenvalue weighted by atomic mass is 9.80. The zero-order valence-electron chi connectivity index (χ0n) is 19.7. The van der Waals surface area contributed by atoms with Crippen molar-refractivity contribution in [1.82, 2.24) is 15.5 Å². The lowest BCUT2D eigenvalue weighted by molar-refractivity contribution is -0.129. The number of aliphatic hydroxyl groups excluding tert-OH is 1. The second-order valence-corrected chi connectivity index (χ2v) is 9.30. The first-order chi connectivity index (χ1) is 16.6. The average Bonchev–Trinajstić information content (AvgIpc) is 2.89. The second-order valence-electron chi connectivity index (χ2n) is 9.30. The molecular weight excluding hydrogens is 430 g/mol. The molecular formula is C27H35N3O4. The lowest BCUT2D eigenvalue weighted by Gasteiger charge is -2.37. The SMILES string of the molecule is O=C(NC1(C(=O)N[C@H](CO)c2ccccc2)CCCCC1)c1ccc(CN2CCOCC2)cc1. The van der Waals surface area contributed by atoms with Crippen molar-refractivity contribution in [1.29, 1.82) is 0 Å². The van der Waals surface area contributed by atoms with Crippen LogP contribution < -0.4 is 10.6 Å². The Hall–Kier alpha value is -2.74. The lowest BCUT2D eigenvalue weighted by Crippen LogP contribution is -2.60. The summed E-state index contributed by atoms with van der Waals surface area (Å²) in [5.41, 5.74) is 1.57. The Balaban J connectivity index is 1.43. The Labute approximate surface area is 201 Å². The largest absolute Gasteiger partial charge is 0.394 e. The molecule has 0 aromatic heterocycles. The summed E-state index contributed by atoms with van der Waals surface area (Å²) in [6.45, 7) is 3.97. The van der Waals surface area contributed by atoms with E-state index in [-0.39, 0.29) is 18.4 Å². The normalized spacial score (nSPS) is 19.2. The molecule has 1 aliphatic carbocycles. The third kappa shape index (κ3) is 6.03. The molecule has 1 heterocycles. The van der Waals surface area contributed by atoms with Gasteiger partial charge in [-0.2, -0.15) is 0 Å². The topological polar surface area (TPSA) is 90.9 Å². The number of ether oxygens (including phenoxy) is 1. The molecule has 1 saturated heterocycles. The molecule has 0 unspecified atom stereocenters. The molecule has 2 aromatic carbocycles. The van der Waals surface area contributed by atoms with Crippen molar-refractivity contribution >= 4 is 11.8 Å². The number of aliphatic hydroxyl groups is 1. The fraction of sp³-hybridized carbons (Fsp3) is 0.481. The number of nitrogens with zero attached hydrogens (tertiary/aromatic N) is 1. The first kappa shape index (κ1) is 24.4. The average molecular weight is 466 g/mol. The maximum Gasteiger partial charge on any atom is 0.252 e. The smallest absolute Gasteiger partial charge is 0.252 e. The van der Waals surface area contributed by atoms with Gasteiger partial charge in [-0.15, -0.1) is 0 Å². The zero-order chi connectivity index (χ0) is 23.8. The van der Waals surface area contributed by atoms with Crippen molar-refractivity contribution < 1.29 is 19.4 Å². The number of carbonyl (C=O) groups is 2. The summed E-state index contributed by atoms with van der Waals surface area (Å²) < 4.78 is 5.40. The minimum Gasteiger partial charge on any atom is -0.394 e. The van der Waals surface area contributed by atoms with E-state index in [0.29, 0.717) is 18.4 Å². The first-order valence-corrected chi connectivity index (χ1v) is 12.3. The molecule has 0 spiro atoms. The standard InChI is InChI=1S/C27H35N3O4/c31-20-24(22-7-3-1-4-8-22)28-26(33)27(13-5-2-6-14-27)29-25(32)23-11-9-21(10-12-23)19-30-15-17-34-18-16-30/h1,3-4,7-12,24,31H,2,5-6,13-20H2,(H,28,33)(H,29,32)/t24-/m1/s1. The van der Waals surface area contributed by atoms with Crippen molar-refractivity contribution in [2.75, 3.05) is 32.9 Å². The highest BCUT2D eigenvalue weighted by Crippen LogP contribution is 2.30. The van der Waals surface area contributed by atoms with Gasteiger partial charge in [0, 0.05) is 25.2 Å². The van der Waals surface area contributed by atoms with Gasteiger partial charge in [-0.05, 0) is 36.1 Å². The fourth-order valence-corrected chi connectivity index (χ4v) is 4.85. The number of rotatable bonds is 8. The van der Waals surface area contributed by atoms with Crippen LogP contribution in [0.25, 0.3) is 0 Å². The van der Waals surface area contributed by atoms with Crippen molar-refractivity contribution in [3.8, 4) is 0 Å². The first-order valence-electron chi connectivity index (χ1n) is 12.3. The molecule has 34 heavy (non-hydrogen) atoms. The molecule has 1 saturated carbocycles. The minimum absolute atomic E-state index is 0.204.